The number of nitrogens with zero attached hydrogens (tertiary/aromatic N) is 4. The molecule has 0 saturated carbocycles. The maximum Gasteiger partial charge on any atom is 0.322 e. The van der Waals surface area contributed by atoms with Gasteiger partial charge >= 0.3 is 6.03 Å². The lowest BCUT2D eigenvalue weighted by Crippen LogP contribution is -2.36. The van der Waals surface area contributed by atoms with Gasteiger partial charge in [0, 0.05) is 37.2 Å². The van der Waals surface area contributed by atoms with Gasteiger partial charge in [-0.2, -0.15) is 5.10 Å². The average Bonchev–Trinajstić information content (AvgIpc) is 3.08. The van der Waals surface area contributed by atoms with Crippen molar-refractivity contribution < 1.29 is 4.79 Å². The first-order chi connectivity index (χ1) is 10.3. The number of hydrogen-bond donors (Lipinski definition) is 1. The molecule has 22 heavy (non-hydrogen) atoms. The van der Waals surface area contributed by atoms with E-state index in [0.29, 0.717) is 12.4 Å². The minimum Gasteiger partial charge on any atom is -0.327 e. The summed E-state index contributed by atoms with van der Waals surface area (Å²) >= 11 is 1.61. The highest BCUT2D eigenvalue weighted by atomic mass is 32.1. The van der Waals surface area contributed by atoms with E-state index >= 15 is 0 Å². The first-order valence-electron chi connectivity index (χ1n) is 7.25. The van der Waals surface area contributed by atoms with Gasteiger partial charge in [-0.3, -0.25) is 5.32 Å². The molecular formula is C15H23N5OS. The number of carbonyl (C=O) groups is 1. The summed E-state index contributed by atoms with van der Waals surface area (Å²) in [6, 6.07) is 1.66. The Kier molecular flexibility index (Phi) is 4.85. The highest BCUT2D eigenvalue weighted by Gasteiger charge is 2.20. The quantitative estimate of drug-likeness (QED) is 0.939. The number of rotatable bonds is 4. The molecule has 7 heteroatoms. The predicted octanol–water partition coefficient (Wildman–Crippen LogP) is 3.36. The molecule has 2 amide bonds. The molecule has 0 saturated heterocycles. The normalized spacial score (nSPS) is 13.0. The number of urea groups is 1. The number of anilines is 1. The molecule has 120 valence electrons. The van der Waals surface area contributed by atoms with Crippen LogP contribution in [0.15, 0.2) is 23.8 Å². The molecule has 1 N–H and O–H groups in total. The van der Waals surface area contributed by atoms with E-state index < -0.39 is 0 Å². The molecule has 2 rings (SSSR count). The standard InChI is InChI=1S/C15H23N5OS/c1-11(13-16-8-9-22-13)10-19(5)14(21)18-12-6-7-17-20(12)15(2,3)4/h6-9,11H,10H2,1-5H3,(H,18,21). The Hall–Kier alpha value is -1.89. The second-order valence-electron chi connectivity index (χ2n) is 6.38. The van der Waals surface area contributed by atoms with E-state index in [1.165, 1.54) is 0 Å². The molecule has 2 aromatic rings. The summed E-state index contributed by atoms with van der Waals surface area (Å²) in [7, 11) is 1.79. The fraction of sp³-hybridized carbons (Fsp3) is 0.533. The molecule has 0 fully saturated rings. The Morgan fingerprint density at radius 3 is 2.77 bits per heavy atom. The van der Waals surface area contributed by atoms with Crippen molar-refractivity contribution in [2.45, 2.75) is 39.2 Å². The van der Waals surface area contributed by atoms with Crippen LogP contribution in [0.4, 0.5) is 10.6 Å². The van der Waals surface area contributed by atoms with Crippen molar-refractivity contribution in [1.82, 2.24) is 19.7 Å². The Morgan fingerprint density at radius 1 is 1.45 bits per heavy atom. The third kappa shape index (κ3) is 3.85. The molecule has 6 nitrogen and oxygen atoms in total. The van der Waals surface area contributed by atoms with Crippen molar-refractivity contribution in [2.24, 2.45) is 0 Å². The van der Waals surface area contributed by atoms with E-state index in [2.05, 4.69) is 22.3 Å². The van der Waals surface area contributed by atoms with Crippen LogP contribution in [0.1, 0.15) is 38.6 Å². The van der Waals surface area contributed by atoms with E-state index in [4.69, 9.17) is 0 Å². The van der Waals surface area contributed by atoms with Crippen LogP contribution >= 0.6 is 11.3 Å². The number of aromatic nitrogens is 3. The van der Waals surface area contributed by atoms with Gasteiger partial charge in [-0.1, -0.05) is 6.92 Å². The summed E-state index contributed by atoms with van der Waals surface area (Å²) in [6.07, 6.45) is 3.48. The van der Waals surface area contributed by atoms with Crippen molar-refractivity contribution in [3.63, 3.8) is 0 Å². The molecule has 0 radical (unpaired) electrons. The minimum atomic E-state index is -0.182. The second-order valence-corrected chi connectivity index (χ2v) is 7.31. The van der Waals surface area contributed by atoms with Gasteiger partial charge in [0.05, 0.1) is 16.7 Å². The largest absolute Gasteiger partial charge is 0.327 e. The molecular weight excluding hydrogens is 298 g/mol. The van der Waals surface area contributed by atoms with Crippen molar-refractivity contribution in [3.8, 4) is 0 Å². The lowest BCUT2D eigenvalue weighted by Gasteiger charge is -2.25. The number of hydrogen-bond acceptors (Lipinski definition) is 4. The molecule has 0 bridgehead atoms. The van der Waals surface area contributed by atoms with Crippen molar-refractivity contribution >= 4 is 23.2 Å². The summed E-state index contributed by atoms with van der Waals surface area (Å²) in [6.45, 7) is 8.82. The Bertz CT molecular complexity index is 614. The van der Waals surface area contributed by atoms with Crippen molar-refractivity contribution in [1.29, 1.82) is 0 Å². The number of nitrogens with one attached hydrogen (secondary N) is 1. The van der Waals surface area contributed by atoms with Crippen LogP contribution in [0, 0.1) is 0 Å². The fourth-order valence-electron chi connectivity index (χ4n) is 2.19. The summed E-state index contributed by atoms with van der Waals surface area (Å²) in [5.74, 6) is 0.912. The zero-order chi connectivity index (χ0) is 16.3. The number of likely N-dealkylation sites (N-methyl/N-ethyl adjacent to an activating group) is 1. The zero-order valence-electron chi connectivity index (χ0n) is 13.7. The minimum absolute atomic E-state index is 0.144. The maximum atomic E-state index is 12.4. The van der Waals surface area contributed by atoms with Gasteiger partial charge in [0.1, 0.15) is 5.82 Å². The predicted molar refractivity (Wildman–Crippen MR) is 89.4 cm³/mol. The third-order valence-corrected chi connectivity index (χ3v) is 4.29. The van der Waals surface area contributed by atoms with Gasteiger partial charge in [-0.15, -0.1) is 11.3 Å². The fourth-order valence-corrected chi connectivity index (χ4v) is 2.88. The van der Waals surface area contributed by atoms with Gasteiger partial charge in [0.2, 0.25) is 0 Å². The zero-order valence-corrected chi connectivity index (χ0v) is 14.5. The van der Waals surface area contributed by atoms with E-state index in [0.717, 1.165) is 5.01 Å². The number of thiazole rings is 1. The maximum absolute atomic E-state index is 12.4. The van der Waals surface area contributed by atoms with Crippen LogP contribution in [-0.4, -0.2) is 39.3 Å². The Morgan fingerprint density at radius 2 is 2.18 bits per heavy atom. The van der Waals surface area contributed by atoms with Gasteiger partial charge in [0.15, 0.2) is 0 Å². The van der Waals surface area contributed by atoms with Gasteiger partial charge in [-0.25, -0.2) is 14.5 Å². The summed E-state index contributed by atoms with van der Waals surface area (Å²) in [5.41, 5.74) is -0.182. The number of carbonyl (C=O) groups excluding carboxylic acids is 1. The molecule has 1 unspecified atom stereocenters. The van der Waals surface area contributed by atoms with Crippen LogP contribution in [0.5, 0.6) is 0 Å². The highest BCUT2D eigenvalue weighted by molar-refractivity contribution is 7.09. The highest BCUT2D eigenvalue weighted by Crippen LogP contribution is 2.21. The molecule has 0 aliphatic carbocycles. The summed E-state index contributed by atoms with van der Waals surface area (Å²) in [5, 5.41) is 10.2. The lowest BCUT2D eigenvalue weighted by atomic mass is 10.1. The Labute approximate surface area is 135 Å². The molecule has 0 aromatic carbocycles. The summed E-state index contributed by atoms with van der Waals surface area (Å²) < 4.78 is 1.81. The van der Waals surface area contributed by atoms with Crippen LogP contribution in [0.3, 0.4) is 0 Å². The molecule has 0 aliphatic rings. The molecule has 2 aromatic heterocycles. The second kappa shape index (κ2) is 6.48. The van der Waals surface area contributed by atoms with Gasteiger partial charge in [0.25, 0.3) is 0 Å². The SMILES string of the molecule is CC(CN(C)C(=O)Nc1ccnn1C(C)(C)C)c1nccs1. The van der Waals surface area contributed by atoms with Crippen LogP contribution in [-0.2, 0) is 5.54 Å². The molecule has 2 heterocycles. The Balaban J connectivity index is 1.99. The first kappa shape index (κ1) is 16.5. The van der Waals surface area contributed by atoms with Gasteiger partial charge < -0.3 is 4.90 Å². The van der Waals surface area contributed by atoms with Crippen LogP contribution < -0.4 is 5.32 Å². The molecule has 0 aliphatic heterocycles. The summed E-state index contributed by atoms with van der Waals surface area (Å²) in [4.78, 5) is 18.3. The van der Waals surface area contributed by atoms with Crippen LogP contribution in [0.25, 0.3) is 0 Å². The lowest BCUT2D eigenvalue weighted by molar-refractivity contribution is 0.219. The van der Waals surface area contributed by atoms with Crippen molar-refractivity contribution in [2.75, 3.05) is 18.9 Å². The topological polar surface area (TPSA) is 63.1 Å². The van der Waals surface area contributed by atoms with Crippen LogP contribution in [0.2, 0.25) is 0 Å². The number of amides is 2. The first-order valence-corrected chi connectivity index (χ1v) is 8.13. The molecule has 1 atom stereocenters. The van der Waals surface area contributed by atoms with E-state index in [-0.39, 0.29) is 17.5 Å². The van der Waals surface area contributed by atoms with E-state index in [1.54, 1.807) is 41.7 Å². The van der Waals surface area contributed by atoms with Gasteiger partial charge in [-0.05, 0) is 20.8 Å². The molecule has 0 spiro atoms. The average molecular weight is 321 g/mol. The smallest absolute Gasteiger partial charge is 0.322 e. The monoisotopic (exact) mass is 321 g/mol. The van der Waals surface area contributed by atoms with Crippen molar-refractivity contribution in [3.05, 3.63) is 28.8 Å². The van der Waals surface area contributed by atoms with E-state index in [9.17, 15) is 4.79 Å². The van der Waals surface area contributed by atoms with E-state index in [1.807, 2.05) is 30.8 Å². The third-order valence-electron chi connectivity index (χ3n) is 3.28.